The van der Waals surface area contributed by atoms with E-state index in [9.17, 15) is 0 Å². The van der Waals surface area contributed by atoms with Gasteiger partial charge < -0.3 is 5.43 Å². The topological polar surface area (TPSA) is 50.9 Å². The van der Waals surface area contributed by atoms with Gasteiger partial charge in [0.2, 0.25) is 0 Å². The highest BCUT2D eigenvalue weighted by Gasteiger charge is 2.15. The first-order valence-corrected chi connectivity index (χ1v) is 5.85. The minimum atomic E-state index is 0.195. The van der Waals surface area contributed by atoms with E-state index in [0.29, 0.717) is 0 Å². The van der Waals surface area contributed by atoms with Crippen LogP contribution in [0.25, 0.3) is 10.9 Å². The monoisotopic (exact) mass is 229 g/mol. The van der Waals surface area contributed by atoms with Crippen LogP contribution in [0.1, 0.15) is 26.5 Å². The molecule has 0 saturated carbocycles. The first-order valence-electron chi connectivity index (χ1n) is 5.85. The summed E-state index contributed by atoms with van der Waals surface area (Å²) in [5, 5.41) is 1.11. The third-order valence-corrected chi connectivity index (χ3v) is 2.66. The Bertz CT molecular complexity index is 526. The summed E-state index contributed by atoms with van der Waals surface area (Å²) in [6.07, 6.45) is 0.900. The minimum Gasteiger partial charge on any atom is -0.322 e. The standard InChI is InChI=1S/C14H19N3/c1-14(2,3)9-13-12(17-15)8-10-6-4-5-7-11(10)16-13/h4-8,17H,9,15H2,1-3H3. The number of anilines is 1. The molecule has 1 aromatic carbocycles. The molecule has 0 amide bonds. The van der Waals surface area contributed by atoms with Crippen LogP contribution in [-0.2, 0) is 6.42 Å². The maximum atomic E-state index is 5.57. The number of para-hydroxylation sites is 1. The van der Waals surface area contributed by atoms with Crippen molar-refractivity contribution in [2.24, 2.45) is 11.3 Å². The average molecular weight is 229 g/mol. The fourth-order valence-corrected chi connectivity index (χ4v) is 1.92. The molecule has 0 aliphatic carbocycles. The van der Waals surface area contributed by atoms with Gasteiger partial charge in [-0.3, -0.25) is 10.8 Å². The summed E-state index contributed by atoms with van der Waals surface area (Å²) in [5.41, 5.74) is 5.90. The fourth-order valence-electron chi connectivity index (χ4n) is 1.92. The van der Waals surface area contributed by atoms with E-state index in [4.69, 9.17) is 5.84 Å². The Morgan fingerprint density at radius 3 is 2.59 bits per heavy atom. The number of hydrogen-bond donors (Lipinski definition) is 2. The molecule has 0 bridgehead atoms. The molecule has 90 valence electrons. The van der Waals surface area contributed by atoms with Gasteiger partial charge >= 0.3 is 0 Å². The molecule has 0 aliphatic rings. The van der Waals surface area contributed by atoms with Crippen molar-refractivity contribution < 1.29 is 0 Å². The number of hydrazine groups is 1. The van der Waals surface area contributed by atoms with E-state index in [-0.39, 0.29) is 5.41 Å². The predicted molar refractivity (Wildman–Crippen MR) is 72.7 cm³/mol. The van der Waals surface area contributed by atoms with Crippen LogP contribution >= 0.6 is 0 Å². The van der Waals surface area contributed by atoms with Crippen molar-refractivity contribution in [3.63, 3.8) is 0 Å². The number of nitrogen functional groups attached to an aromatic ring is 1. The molecule has 0 unspecified atom stereocenters. The molecule has 0 saturated heterocycles. The lowest BCUT2D eigenvalue weighted by atomic mass is 9.89. The molecule has 0 spiro atoms. The van der Waals surface area contributed by atoms with E-state index in [1.165, 1.54) is 0 Å². The Morgan fingerprint density at radius 1 is 1.24 bits per heavy atom. The maximum absolute atomic E-state index is 5.57. The maximum Gasteiger partial charge on any atom is 0.0708 e. The number of rotatable bonds is 2. The second-order valence-electron chi connectivity index (χ2n) is 5.56. The van der Waals surface area contributed by atoms with Gasteiger partial charge in [-0.1, -0.05) is 39.0 Å². The average Bonchev–Trinajstić information content (AvgIpc) is 2.26. The molecule has 17 heavy (non-hydrogen) atoms. The molecule has 0 atom stereocenters. The van der Waals surface area contributed by atoms with Crippen molar-refractivity contribution in [2.75, 3.05) is 5.43 Å². The highest BCUT2D eigenvalue weighted by molar-refractivity contribution is 5.82. The smallest absolute Gasteiger partial charge is 0.0708 e. The lowest BCUT2D eigenvalue weighted by Crippen LogP contribution is -2.16. The molecule has 3 nitrogen and oxygen atoms in total. The summed E-state index contributed by atoms with van der Waals surface area (Å²) in [7, 11) is 0. The van der Waals surface area contributed by atoms with Gasteiger partial charge in [0, 0.05) is 5.39 Å². The third kappa shape index (κ3) is 2.74. The highest BCUT2D eigenvalue weighted by atomic mass is 15.2. The molecule has 3 N–H and O–H groups in total. The summed E-state index contributed by atoms with van der Waals surface area (Å²) >= 11 is 0. The molecule has 3 heteroatoms. The quantitative estimate of drug-likeness (QED) is 0.614. The first-order chi connectivity index (χ1) is 7.99. The second kappa shape index (κ2) is 4.34. The number of nitrogens with one attached hydrogen (secondary N) is 1. The molecule has 0 aliphatic heterocycles. The number of nitrogens with zero attached hydrogens (tertiary/aromatic N) is 1. The van der Waals surface area contributed by atoms with E-state index < -0.39 is 0 Å². The normalized spacial score (nSPS) is 11.8. The van der Waals surface area contributed by atoms with Gasteiger partial charge in [-0.2, -0.15) is 0 Å². The van der Waals surface area contributed by atoms with Gasteiger partial charge in [0.25, 0.3) is 0 Å². The number of benzene rings is 1. The van der Waals surface area contributed by atoms with Crippen LogP contribution in [0.4, 0.5) is 5.69 Å². The second-order valence-corrected chi connectivity index (χ2v) is 5.56. The van der Waals surface area contributed by atoms with Crippen LogP contribution < -0.4 is 11.3 Å². The molecule has 1 heterocycles. The van der Waals surface area contributed by atoms with Gasteiger partial charge in [-0.25, -0.2) is 0 Å². The molecule has 0 fully saturated rings. The zero-order chi connectivity index (χ0) is 12.5. The van der Waals surface area contributed by atoms with Crippen LogP contribution in [0.15, 0.2) is 30.3 Å². The van der Waals surface area contributed by atoms with E-state index in [0.717, 1.165) is 28.7 Å². The SMILES string of the molecule is CC(C)(C)Cc1nc2ccccc2cc1NN. The summed E-state index contributed by atoms with van der Waals surface area (Å²) in [4.78, 5) is 4.69. The summed E-state index contributed by atoms with van der Waals surface area (Å²) in [5.74, 6) is 5.57. The van der Waals surface area contributed by atoms with Gasteiger partial charge in [0.1, 0.15) is 0 Å². The Morgan fingerprint density at radius 2 is 1.94 bits per heavy atom. The van der Waals surface area contributed by atoms with E-state index >= 15 is 0 Å². The van der Waals surface area contributed by atoms with Crippen molar-refractivity contribution in [3.05, 3.63) is 36.0 Å². The van der Waals surface area contributed by atoms with Crippen LogP contribution in [0.3, 0.4) is 0 Å². The van der Waals surface area contributed by atoms with E-state index in [1.807, 2.05) is 24.3 Å². The Balaban J connectivity index is 2.53. The van der Waals surface area contributed by atoms with Crippen molar-refractivity contribution in [3.8, 4) is 0 Å². The Labute approximate surface area is 102 Å². The molecule has 2 rings (SSSR count). The van der Waals surface area contributed by atoms with Crippen molar-refractivity contribution in [2.45, 2.75) is 27.2 Å². The van der Waals surface area contributed by atoms with Gasteiger partial charge in [0.15, 0.2) is 0 Å². The molecule has 1 aromatic heterocycles. The Hall–Kier alpha value is -1.61. The summed E-state index contributed by atoms with van der Waals surface area (Å²) in [6.45, 7) is 6.60. The highest BCUT2D eigenvalue weighted by Crippen LogP contribution is 2.26. The first kappa shape index (κ1) is 11.9. The zero-order valence-electron chi connectivity index (χ0n) is 10.6. The molecule has 2 aromatic rings. The van der Waals surface area contributed by atoms with Crippen LogP contribution in [-0.4, -0.2) is 4.98 Å². The summed E-state index contributed by atoms with van der Waals surface area (Å²) in [6, 6.07) is 10.1. The van der Waals surface area contributed by atoms with Crippen LogP contribution in [0, 0.1) is 5.41 Å². The minimum absolute atomic E-state index is 0.195. The van der Waals surface area contributed by atoms with Gasteiger partial charge in [0.05, 0.1) is 16.9 Å². The largest absolute Gasteiger partial charge is 0.322 e. The third-order valence-electron chi connectivity index (χ3n) is 2.66. The number of fused-ring (bicyclic) bond motifs is 1. The lowest BCUT2D eigenvalue weighted by molar-refractivity contribution is 0.407. The van der Waals surface area contributed by atoms with Crippen molar-refractivity contribution in [1.29, 1.82) is 0 Å². The van der Waals surface area contributed by atoms with Crippen molar-refractivity contribution >= 4 is 16.6 Å². The predicted octanol–water partition coefficient (Wildman–Crippen LogP) is 3.11. The van der Waals surface area contributed by atoms with Crippen LogP contribution in [0.5, 0.6) is 0 Å². The lowest BCUT2D eigenvalue weighted by Gasteiger charge is -2.19. The number of hydrogen-bond acceptors (Lipinski definition) is 3. The van der Waals surface area contributed by atoms with Crippen molar-refractivity contribution in [1.82, 2.24) is 4.98 Å². The Kier molecular flexibility index (Phi) is 3.03. The number of pyridine rings is 1. The van der Waals surface area contributed by atoms with E-state index in [1.54, 1.807) is 0 Å². The van der Waals surface area contributed by atoms with Gasteiger partial charge in [-0.05, 0) is 24.0 Å². The zero-order valence-corrected chi connectivity index (χ0v) is 10.6. The number of nitrogens with two attached hydrogens (primary N) is 1. The van der Waals surface area contributed by atoms with Crippen LogP contribution in [0.2, 0.25) is 0 Å². The summed E-state index contributed by atoms with van der Waals surface area (Å²) < 4.78 is 0. The molecular weight excluding hydrogens is 210 g/mol. The molecule has 0 radical (unpaired) electrons. The molecular formula is C14H19N3. The van der Waals surface area contributed by atoms with E-state index in [2.05, 4.69) is 37.2 Å². The number of aromatic nitrogens is 1. The van der Waals surface area contributed by atoms with Gasteiger partial charge in [-0.15, -0.1) is 0 Å². The fraction of sp³-hybridized carbons (Fsp3) is 0.357.